The maximum Gasteiger partial charge on any atom is 0.167 e. The van der Waals surface area contributed by atoms with Crippen molar-refractivity contribution in [2.24, 2.45) is 0 Å². The topological polar surface area (TPSA) is 56.7 Å². The third kappa shape index (κ3) is 4.37. The first-order valence-corrected chi connectivity index (χ1v) is 17.8. The van der Waals surface area contributed by atoms with Gasteiger partial charge in [0.1, 0.15) is 11.2 Å². The summed E-state index contributed by atoms with van der Waals surface area (Å²) in [7, 11) is 0. The van der Waals surface area contributed by atoms with Gasteiger partial charge >= 0.3 is 0 Å². The molecule has 4 aromatic heterocycles. The van der Waals surface area contributed by atoms with Crippen molar-refractivity contribution >= 4 is 75.3 Å². The molecule has 0 bridgehead atoms. The summed E-state index contributed by atoms with van der Waals surface area (Å²) in [6.45, 7) is 0. The number of benzene rings is 7. The van der Waals surface area contributed by atoms with Crippen LogP contribution in [-0.4, -0.2) is 19.5 Å². The van der Waals surface area contributed by atoms with Gasteiger partial charge in [-0.15, -0.1) is 11.3 Å². The Kier molecular flexibility index (Phi) is 6.05. The van der Waals surface area contributed by atoms with E-state index in [0.29, 0.717) is 17.5 Å². The highest BCUT2D eigenvalue weighted by Gasteiger charge is 2.19. The highest BCUT2D eigenvalue weighted by molar-refractivity contribution is 7.25. The summed E-state index contributed by atoms with van der Waals surface area (Å²) >= 11 is 1.80. The van der Waals surface area contributed by atoms with Gasteiger partial charge in [0, 0.05) is 64.6 Å². The van der Waals surface area contributed by atoms with Gasteiger partial charge in [0.2, 0.25) is 0 Å². The molecule has 0 aliphatic heterocycles. The van der Waals surface area contributed by atoms with Crippen LogP contribution in [0.3, 0.4) is 0 Å². The Morgan fingerprint density at radius 1 is 0.431 bits per heavy atom. The average Bonchev–Trinajstić information content (AvgIpc) is 3.87. The molecular weight excluding hydrogens is 645 g/mol. The smallest absolute Gasteiger partial charge is 0.167 e. The van der Waals surface area contributed by atoms with E-state index in [4.69, 9.17) is 19.4 Å². The van der Waals surface area contributed by atoms with Crippen LogP contribution in [0.5, 0.6) is 0 Å². The van der Waals surface area contributed by atoms with Gasteiger partial charge in [-0.25, -0.2) is 15.0 Å². The highest BCUT2D eigenvalue weighted by atomic mass is 32.1. The molecule has 0 atom stereocenters. The minimum Gasteiger partial charge on any atom is -0.455 e. The Morgan fingerprint density at radius 3 is 1.88 bits per heavy atom. The SMILES string of the molecule is c1ccc(-c2nc(-c3ccc4sc5ccccc5c4c3)nc(-c3cccc4c3oc3cc(-n5c6ccccc6c6ccccc65)ccc34)n2)cc1. The summed E-state index contributed by atoms with van der Waals surface area (Å²) in [6.07, 6.45) is 0. The minimum absolute atomic E-state index is 0.571. The van der Waals surface area contributed by atoms with Crippen LogP contribution >= 0.6 is 11.3 Å². The second-order valence-corrected chi connectivity index (χ2v) is 13.9. The number of furan rings is 1. The molecule has 0 N–H and O–H groups in total. The summed E-state index contributed by atoms with van der Waals surface area (Å²) in [5, 5.41) is 6.96. The van der Waals surface area contributed by atoms with Gasteiger partial charge in [0.05, 0.1) is 16.6 Å². The lowest BCUT2D eigenvalue weighted by Gasteiger charge is -2.09. The van der Waals surface area contributed by atoms with E-state index in [-0.39, 0.29) is 0 Å². The normalized spacial score (nSPS) is 11.9. The molecule has 0 radical (unpaired) electrons. The van der Waals surface area contributed by atoms with Crippen LogP contribution in [0.4, 0.5) is 0 Å². The lowest BCUT2D eigenvalue weighted by atomic mass is 10.1. The van der Waals surface area contributed by atoms with E-state index in [9.17, 15) is 0 Å². The fraction of sp³-hybridized carbons (Fsp3) is 0. The molecule has 51 heavy (non-hydrogen) atoms. The number of para-hydroxylation sites is 3. The first-order valence-electron chi connectivity index (χ1n) is 16.9. The molecule has 0 saturated carbocycles. The van der Waals surface area contributed by atoms with Gasteiger partial charge in [0.25, 0.3) is 0 Å². The fourth-order valence-electron chi connectivity index (χ4n) is 7.51. The van der Waals surface area contributed by atoms with Gasteiger partial charge in [-0.2, -0.15) is 0 Å². The molecule has 0 spiro atoms. The first-order chi connectivity index (χ1) is 25.3. The second kappa shape index (κ2) is 10.9. The van der Waals surface area contributed by atoms with E-state index < -0.39 is 0 Å². The lowest BCUT2D eigenvalue weighted by Crippen LogP contribution is -2.00. The second-order valence-electron chi connectivity index (χ2n) is 12.8. The third-order valence-electron chi connectivity index (χ3n) is 9.86. The van der Waals surface area contributed by atoms with Crippen molar-refractivity contribution in [3.8, 4) is 39.9 Å². The van der Waals surface area contributed by atoms with Crippen LogP contribution in [0.25, 0.3) is 104 Å². The van der Waals surface area contributed by atoms with Gasteiger partial charge < -0.3 is 8.98 Å². The largest absolute Gasteiger partial charge is 0.455 e. The third-order valence-corrected chi connectivity index (χ3v) is 11.0. The quantitative estimate of drug-likeness (QED) is 0.187. The molecule has 11 aromatic rings. The summed E-state index contributed by atoms with van der Waals surface area (Å²) in [4.78, 5) is 15.2. The molecule has 0 unspecified atom stereocenters. The molecule has 238 valence electrons. The Labute approximate surface area is 295 Å². The van der Waals surface area contributed by atoms with Crippen molar-refractivity contribution < 1.29 is 4.42 Å². The molecule has 6 heteroatoms. The first kappa shape index (κ1) is 28.2. The van der Waals surface area contributed by atoms with E-state index in [1.165, 1.54) is 30.9 Å². The monoisotopic (exact) mass is 670 g/mol. The molecule has 0 amide bonds. The molecule has 7 aromatic carbocycles. The van der Waals surface area contributed by atoms with Crippen LogP contribution in [0, 0.1) is 0 Å². The number of nitrogens with zero attached hydrogens (tertiary/aromatic N) is 4. The standard InChI is InChI=1S/C45H26N4OS/c1-2-11-27(12-3-1)43-46-44(28-21-24-41-36(25-28)33-15-6-9-20-40(33)51-41)48-45(47-43)35-17-10-16-34-32-23-22-29(26-39(32)50-42(34)35)49-37-18-7-4-13-30(37)31-14-5-8-19-38(31)49/h1-26H. The number of thiophene rings is 1. The molecule has 0 aliphatic carbocycles. The van der Waals surface area contributed by atoms with Crippen molar-refractivity contribution in [2.45, 2.75) is 0 Å². The zero-order valence-corrected chi connectivity index (χ0v) is 27.9. The molecule has 0 fully saturated rings. The average molecular weight is 671 g/mol. The van der Waals surface area contributed by atoms with Crippen LogP contribution in [0.1, 0.15) is 0 Å². The molecular formula is C45H26N4OS. The predicted molar refractivity (Wildman–Crippen MR) is 211 cm³/mol. The highest BCUT2D eigenvalue weighted by Crippen LogP contribution is 2.40. The molecule has 11 rings (SSSR count). The van der Waals surface area contributed by atoms with Crippen LogP contribution in [-0.2, 0) is 0 Å². The zero-order chi connectivity index (χ0) is 33.5. The number of fused-ring (bicyclic) bond motifs is 9. The van der Waals surface area contributed by atoms with Gasteiger partial charge in [-0.05, 0) is 54.6 Å². The Balaban J connectivity index is 1.11. The number of aromatic nitrogens is 4. The van der Waals surface area contributed by atoms with E-state index in [1.807, 2.05) is 36.4 Å². The maximum atomic E-state index is 6.78. The molecule has 0 aliphatic rings. The Bertz CT molecular complexity index is 3100. The van der Waals surface area contributed by atoms with E-state index in [0.717, 1.165) is 55.3 Å². The van der Waals surface area contributed by atoms with Gasteiger partial charge in [-0.1, -0.05) is 97.1 Å². The number of hydrogen-bond donors (Lipinski definition) is 0. The van der Waals surface area contributed by atoms with E-state index >= 15 is 0 Å². The summed E-state index contributed by atoms with van der Waals surface area (Å²) in [5.74, 6) is 1.81. The molecule has 5 nitrogen and oxygen atoms in total. The fourth-order valence-corrected chi connectivity index (χ4v) is 8.60. The van der Waals surface area contributed by atoms with E-state index in [1.54, 1.807) is 11.3 Å². The van der Waals surface area contributed by atoms with Crippen LogP contribution in [0.2, 0.25) is 0 Å². The lowest BCUT2D eigenvalue weighted by molar-refractivity contribution is 0.669. The van der Waals surface area contributed by atoms with Crippen molar-refractivity contribution in [1.29, 1.82) is 0 Å². The predicted octanol–water partition coefficient (Wildman–Crippen LogP) is 12.2. The van der Waals surface area contributed by atoms with Crippen molar-refractivity contribution in [3.05, 3.63) is 158 Å². The number of hydrogen-bond acceptors (Lipinski definition) is 5. The number of rotatable bonds is 4. The molecule has 4 heterocycles. The van der Waals surface area contributed by atoms with Crippen LogP contribution < -0.4 is 0 Å². The van der Waals surface area contributed by atoms with Crippen molar-refractivity contribution in [2.75, 3.05) is 0 Å². The van der Waals surface area contributed by atoms with Crippen molar-refractivity contribution in [3.63, 3.8) is 0 Å². The zero-order valence-electron chi connectivity index (χ0n) is 27.1. The van der Waals surface area contributed by atoms with Gasteiger partial charge in [0.15, 0.2) is 17.5 Å². The van der Waals surface area contributed by atoms with E-state index in [2.05, 4.69) is 126 Å². The van der Waals surface area contributed by atoms with Gasteiger partial charge in [-0.3, -0.25) is 0 Å². The minimum atomic E-state index is 0.571. The van der Waals surface area contributed by atoms with Crippen molar-refractivity contribution in [1.82, 2.24) is 19.5 Å². The Morgan fingerprint density at radius 2 is 1.08 bits per heavy atom. The Hall–Kier alpha value is -6.63. The summed E-state index contributed by atoms with van der Waals surface area (Å²) in [6, 6.07) is 55.0. The molecule has 0 saturated heterocycles. The van der Waals surface area contributed by atoms with Crippen LogP contribution in [0.15, 0.2) is 162 Å². The summed E-state index contributed by atoms with van der Waals surface area (Å²) in [5.41, 5.74) is 7.63. The maximum absolute atomic E-state index is 6.78. The summed E-state index contributed by atoms with van der Waals surface area (Å²) < 4.78 is 11.6.